The molecule has 1 saturated heterocycles. The number of hydrogen-bond acceptors (Lipinski definition) is 3. The van der Waals surface area contributed by atoms with E-state index in [1.165, 1.54) is 38.2 Å². The molecule has 0 aromatic heterocycles. The fourth-order valence-electron chi connectivity index (χ4n) is 4.36. The molecule has 1 aliphatic carbocycles. The molecule has 3 rings (SSSR count). The summed E-state index contributed by atoms with van der Waals surface area (Å²) in [6.45, 7) is 4.51. The average Bonchev–Trinajstić information content (AvgIpc) is 2.61. The van der Waals surface area contributed by atoms with Crippen molar-refractivity contribution in [3.05, 3.63) is 35.4 Å². The summed E-state index contributed by atoms with van der Waals surface area (Å²) in [7, 11) is 0. The molecular weight excluding hydrogens is 322 g/mol. The van der Waals surface area contributed by atoms with Crippen molar-refractivity contribution in [3.8, 4) is 0 Å². The summed E-state index contributed by atoms with van der Waals surface area (Å²) < 4.78 is 27.0. The first-order valence-electron chi connectivity index (χ1n) is 9.67. The van der Waals surface area contributed by atoms with Gasteiger partial charge in [-0.05, 0) is 31.2 Å². The molecule has 5 heteroatoms. The van der Waals surface area contributed by atoms with Crippen molar-refractivity contribution in [2.24, 2.45) is 5.92 Å². The molecule has 0 spiro atoms. The summed E-state index contributed by atoms with van der Waals surface area (Å²) in [5, 5.41) is 9.45. The van der Waals surface area contributed by atoms with E-state index in [4.69, 9.17) is 0 Å². The minimum absolute atomic E-state index is 0.185. The quantitative estimate of drug-likeness (QED) is 0.850. The lowest BCUT2D eigenvalue weighted by molar-refractivity contribution is 0.0396. The van der Waals surface area contributed by atoms with E-state index in [0.717, 1.165) is 44.6 Å². The van der Waals surface area contributed by atoms with Crippen LogP contribution in [-0.4, -0.2) is 53.7 Å². The summed E-state index contributed by atoms with van der Waals surface area (Å²) >= 11 is 0. The van der Waals surface area contributed by atoms with E-state index in [1.807, 2.05) is 0 Å². The first-order valence-corrected chi connectivity index (χ1v) is 9.67. The molecule has 1 heterocycles. The van der Waals surface area contributed by atoms with E-state index in [-0.39, 0.29) is 6.61 Å². The van der Waals surface area contributed by atoms with Gasteiger partial charge in [-0.25, -0.2) is 8.78 Å². The van der Waals surface area contributed by atoms with Gasteiger partial charge in [-0.2, -0.15) is 0 Å². The molecule has 0 amide bonds. The second kappa shape index (κ2) is 9.06. The van der Waals surface area contributed by atoms with Crippen molar-refractivity contribution in [2.45, 2.75) is 51.1 Å². The lowest BCUT2D eigenvalue weighted by atomic mass is 9.88. The fourth-order valence-corrected chi connectivity index (χ4v) is 4.36. The van der Waals surface area contributed by atoms with Gasteiger partial charge in [-0.3, -0.25) is 9.80 Å². The van der Waals surface area contributed by atoms with Gasteiger partial charge in [0, 0.05) is 57.0 Å². The Hall–Kier alpha value is -1.04. The topological polar surface area (TPSA) is 26.7 Å². The Labute approximate surface area is 149 Å². The third-order valence-corrected chi connectivity index (χ3v) is 5.78. The molecule has 1 saturated carbocycles. The van der Waals surface area contributed by atoms with Crippen LogP contribution in [0.2, 0.25) is 0 Å². The molecular formula is C20H30F2N2O. The minimum atomic E-state index is -0.531. The van der Waals surface area contributed by atoms with Crippen LogP contribution >= 0.6 is 0 Å². The van der Waals surface area contributed by atoms with E-state index < -0.39 is 11.6 Å². The second-order valence-corrected chi connectivity index (χ2v) is 7.64. The lowest BCUT2D eigenvalue weighted by Crippen LogP contribution is -2.54. The highest BCUT2D eigenvalue weighted by molar-refractivity contribution is 5.18. The maximum Gasteiger partial charge on any atom is 0.130 e. The van der Waals surface area contributed by atoms with E-state index in [9.17, 15) is 13.9 Å². The van der Waals surface area contributed by atoms with Crippen LogP contribution in [0.3, 0.4) is 0 Å². The SMILES string of the molecule is OCC[C@H]1CN(Cc2ccc(F)cc2F)CCN1CC1CCCCC1. The van der Waals surface area contributed by atoms with Gasteiger partial charge in [-0.15, -0.1) is 0 Å². The highest BCUT2D eigenvalue weighted by Crippen LogP contribution is 2.26. The third kappa shape index (κ3) is 5.22. The fraction of sp³-hybridized carbons (Fsp3) is 0.700. The third-order valence-electron chi connectivity index (χ3n) is 5.78. The normalized spacial score (nSPS) is 23.9. The minimum Gasteiger partial charge on any atom is -0.396 e. The van der Waals surface area contributed by atoms with Crippen molar-refractivity contribution in [1.29, 1.82) is 0 Å². The number of benzene rings is 1. The predicted molar refractivity (Wildman–Crippen MR) is 95.3 cm³/mol. The Morgan fingerprint density at radius 1 is 1.08 bits per heavy atom. The van der Waals surface area contributed by atoms with Crippen LogP contribution in [0, 0.1) is 17.6 Å². The predicted octanol–water partition coefficient (Wildman–Crippen LogP) is 3.41. The standard InChI is InChI=1S/C20H30F2N2O/c21-18-7-6-17(20(22)12-18)14-23-9-10-24(19(15-23)8-11-25)13-16-4-2-1-3-5-16/h6-7,12,16,19,25H,1-5,8-11,13-15H2/t19-/m0/s1. The number of nitrogens with zero attached hydrogens (tertiary/aromatic N) is 2. The van der Waals surface area contributed by atoms with Gasteiger partial charge in [-0.1, -0.05) is 25.3 Å². The second-order valence-electron chi connectivity index (χ2n) is 7.64. The molecule has 1 aromatic rings. The van der Waals surface area contributed by atoms with Crippen LogP contribution < -0.4 is 0 Å². The van der Waals surface area contributed by atoms with E-state index in [1.54, 1.807) is 6.07 Å². The van der Waals surface area contributed by atoms with Crippen LogP contribution in [0.1, 0.15) is 44.1 Å². The Morgan fingerprint density at radius 3 is 2.60 bits per heavy atom. The smallest absolute Gasteiger partial charge is 0.130 e. The van der Waals surface area contributed by atoms with Crippen LogP contribution in [0.5, 0.6) is 0 Å². The number of aliphatic hydroxyl groups is 1. The van der Waals surface area contributed by atoms with Crippen LogP contribution in [0.25, 0.3) is 0 Å². The monoisotopic (exact) mass is 352 g/mol. The maximum absolute atomic E-state index is 13.9. The van der Waals surface area contributed by atoms with Crippen LogP contribution in [-0.2, 0) is 6.54 Å². The molecule has 1 N–H and O–H groups in total. The molecule has 0 unspecified atom stereocenters. The zero-order valence-electron chi connectivity index (χ0n) is 15.0. The molecule has 1 aliphatic heterocycles. The van der Waals surface area contributed by atoms with Crippen LogP contribution in [0.15, 0.2) is 18.2 Å². The lowest BCUT2D eigenvalue weighted by Gasteiger charge is -2.43. The summed E-state index contributed by atoms with van der Waals surface area (Å²) in [5.74, 6) is -0.212. The molecule has 0 radical (unpaired) electrons. The first-order chi connectivity index (χ1) is 12.2. The number of piperazine rings is 1. The summed E-state index contributed by atoms with van der Waals surface area (Å²) in [4.78, 5) is 4.76. The van der Waals surface area contributed by atoms with Crippen LogP contribution in [0.4, 0.5) is 8.78 Å². The van der Waals surface area contributed by atoms with E-state index >= 15 is 0 Å². The zero-order valence-corrected chi connectivity index (χ0v) is 15.0. The van der Waals surface area contributed by atoms with Crippen molar-refractivity contribution in [3.63, 3.8) is 0 Å². The summed E-state index contributed by atoms with van der Waals surface area (Å²) in [5.41, 5.74) is 0.546. The van der Waals surface area contributed by atoms with Crippen molar-refractivity contribution in [2.75, 3.05) is 32.8 Å². The molecule has 3 nitrogen and oxygen atoms in total. The molecule has 2 aliphatic rings. The highest BCUT2D eigenvalue weighted by Gasteiger charge is 2.29. The van der Waals surface area contributed by atoms with Crippen molar-refractivity contribution >= 4 is 0 Å². The maximum atomic E-state index is 13.9. The molecule has 1 atom stereocenters. The average molecular weight is 352 g/mol. The number of aliphatic hydroxyl groups excluding tert-OH is 1. The largest absolute Gasteiger partial charge is 0.396 e. The summed E-state index contributed by atoms with van der Waals surface area (Å²) in [6.07, 6.45) is 7.47. The number of halogens is 2. The molecule has 0 bridgehead atoms. The van der Waals surface area contributed by atoms with E-state index in [2.05, 4.69) is 9.80 Å². The number of rotatable bonds is 6. The van der Waals surface area contributed by atoms with Crippen molar-refractivity contribution in [1.82, 2.24) is 9.80 Å². The first kappa shape index (κ1) is 18.7. The summed E-state index contributed by atoms with van der Waals surface area (Å²) in [6, 6.07) is 4.15. The van der Waals surface area contributed by atoms with Gasteiger partial charge < -0.3 is 5.11 Å². The molecule has 2 fully saturated rings. The van der Waals surface area contributed by atoms with Gasteiger partial charge in [0.1, 0.15) is 11.6 Å². The Bertz CT molecular complexity index is 548. The van der Waals surface area contributed by atoms with Gasteiger partial charge >= 0.3 is 0 Å². The van der Waals surface area contributed by atoms with Gasteiger partial charge in [0.05, 0.1) is 0 Å². The number of hydrogen-bond donors (Lipinski definition) is 1. The van der Waals surface area contributed by atoms with Gasteiger partial charge in [0.2, 0.25) is 0 Å². The zero-order chi connectivity index (χ0) is 17.6. The molecule has 140 valence electrons. The van der Waals surface area contributed by atoms with Gasteiger partial charge in [0.25, 0.3) is 0 Å². The Morgan fingerprint density at radius 2 is 1.88 bits per heavy atom. The van der Waals surface area contributed by atoms with Gasteiger partial charge in [0.15, 0.2) is 0 Å². The Kier molecular flexibility index (Phi) is 6.79. The molecule has 1 aromatic carbocycles. The Balaban J connectivity index is 1.58. The van der Waals surface area contributed by atoms with Crippen molar-refractivity contribution < 1.29 is 13.9 Å². The highest BCUT2D eigenvalue weighted by atomic mass is 19.1. The molecule has 25 heavy (non-hydrogen) atoms. The van der Waals surface area contributed by atoms with E-state index in [0.29, 0.717) is 18.2 Å².